The van der Waals surface area contributed by atoms with Gasteiger partial charge in [0.25, 0.3) is 0 Å². The number of hydrogen-bond donors (Lipinski definition) is 1. The summed E-state index contributed by atoms with van der Waals surface area (Å²) in [5.41, 5.74) is 4.56. The molecule has 0 aliphatic carbocycles. The van der Waals surface area contributed by atoms with Crippen LogP contribution in [0, 0.1) is 0 Å². The van der Waals surface area contributed by atoms with Crippen LogP contribution in [0.15, 0.2) is 36.5 Å². The Labute approximate surface area is 165 Å². The second-order valence-electron chi connectivity index (χ2n) is 7.79. The summed E-state index contributed by atoms with van der Waals surface area (Å²) in [6, 6.07) is 10.9. The molecule has 0 unspecified atom stereocenters. The van der Waals surface area contributed by atoms with Gasteiger partial charge < -0.3 is 9.64 Å². The minimum absolute atomic E-state index is 0.761. The molecule has 6 nitrogen and oxygen atoms in total. The van der Waals surface area contributed by atoms with Crippen molar-refractivity contribution in [1.29, 1.82) is 0 Å². The second-order valence-corrected chi connectivity index (χ2v) is 7.79. The summed E-state index contributed by atoms with van der Waals surface area (Å²) in [5.74, 6) is 1.00. The van der Waals surface area contributed by atoms with Crippen molar-refractivity contribution < 1.29 is 4.74 Å². The van der Waals surface area contributed by atoms with Crippen LogP contribution < -0.4 is 4.90 Å². The molecule has 0 atom stereocenters. The zero-order valence-corrected chi connectivity index (χ0v) is 16.2. The van der Waals surface area contributed by atoms with E-state index in [0.29, 0.717) is 0 Å². The van der Waals surface area contributed by atoms with Crippen molar-refractivity contribution in [3.05, 3.63) is 42.1 Å². The summed E-state index contributed by atoms with van der Waals surface area (Å²) >= 11 is 0. The number of piperidine rings is 1. The Morgan fingerprint density at radius 1 is 0.964 bits per heavy atom. The van der Waals surface area contributed by atoms with Gasteiger partial charge in [0.05, 0.1) is 18.7 Å². The van der Waals surface area contributed by atoms with Crippen molar-refractivity contribution in [2.45, 2.75) is 25.8 Å². The number of morpholine rings is 1. The average molecular weight is 377 g/mol. The Kier molecular flexibility index (Phi) is 4.97. The van der Waals surface area contributed by atoms with Crippen molar-refractivity contribution >= 4 is 16.7 Å². The molecule has 1 aromatic carbocycles. The van der Waals surface area contributed by atoms with Crippen LogP contribution in [0.2, 0.25) is 0 Å². The van der Waals surface area contributed by atoms with Crippen LogP contribution in [0.1, 0.15) is 24.8 Å². The van der Waals surface area contributed by atoms with Crippen molar-refractivity contribution in [2.75, 3.05) is 44.3 Å². The first-order valence-electron chi connectivity index (χ1n) is 10.4. The zero-order valence-electron chi connectivity index (χ0n) is 16.2. The lowest BCUT2D eigenvalue weighted by atomic mass is 10.0. The van der Waals surface area contributed by atoms with Gasteiger partial charge in [-0.1, -0.05) is 12.5 Å². The predicted molar refractivity (Wildman–Crippen MR) is 111 cm³/mol. The van der Waals surface area contributed by atoms with E-state index in [2.05, 4.69) is 55.3 Å². The van der Waals surface area contributed by atoms with Crippen molar-refractivity contribution in [3.63, 3.8) is 0 Å². The van der Waals surface area contributed by atoms with Crippen LogP contribution in [-0.4, -0.2) is 59.5 Å². The number of likely N-dealkylation sites (tertiary alicyclic amines) is 1. The van der Waals surface area contributed by atoms with Gasteiger partial charge in [0.1, 0.15) is 11.5 Å². The number of H-pyrrole nitrogens is 1. The van der Waals surface area contributed by atoms with Gasteiger partial charge in [0.2, 0.25) is 0 Å². The molecule has 28 heavy (non-hydrogen) atoms. The smallest absolute Gasteiger partial charge is 0.129 e. The van der Waals surface area contributed by atoms with E-state index in [0.717, 1.165) is 55.4 Å². The Bertz CT molecular complexity index is 941. The summed E-state index contributed by atoms with van der Waals surface area (Å²) in [6.07, 6.45) is 5.90. The first kappa shape index (κ1) is 17.6. The third-order valence-electron chi connectivity index (χ3n) is 5.84. The molecule has 6 heteroatoms. The summed E-state index contributed by atoms with van der Waals surface area (Å²) in [6.45, 7) is 6.74. The Balaban J connectivity index is 1.44. The fourth-order valence-corrected chi connectivity index (χ4v) is 4.29. The lowest BCUT2D eigenvalue weighted by Gasteiger charge is -2.27. The third kappa shape index (κ3) is 3.62. The number of aromatic nitrogens is 3. The Morgan fingerprint density at radius 2 is 1.82 bits per heavy atom. The minimum Gasteiger partial charge on any atom is -0.378 e. The highest BCUT2D eigenvalue weighted by Gasteiger charge is 2.16. The highest BCUT2D eigenvalue weighted by molar-refractivity contribution is 5.93. The molecule has 3 aromatic rings. The summed E-state index contributed by atoms with van der Waals surface area (Å²) < 4.78 is 5.47. The van der Waals surface area contributed by atoms with Crippen LogP contribution in [0.4, 0.5) is 5.82 Å². The topological polar surface area (TPSA) is 57.3 Å². The molecule has 4 heterocycles. The van der Waals surface area contributed by atoms with E-state index in [4.69, 9.17) is 4.74 Å². The summed E-state index contributed by atoms with van der Waals surface area (Å²) in [4.78, 5) is 9.42. The number of benzene rings is 1. The quantitative estimate of drug-likeness (QED) is 0.755. The molecule has 5 rings (SSSR count). The van der Waals surface area contributed by atoms with Gasteiger partial charge in [0, 0.05) is 36.8 Å². The van der Waals surface area contributed by atoms with E-state index in [1.165, 1.54) is 43.3 Å². The molecule has 146 valence electrons. The van der Waals surface area contributed by atoms with Gasteiger partial charge in [-0.05, 0) is 55.8 Å². The molecule has 0 spiro atoms. The fraction of sp³-hybridized carbons (Fsp3) is 0.455. The number of anilines is 1. The fourth-order valence-electron chi connectivity index (χ4n) is 4.29. The monoisotopic (exact) mass is 377 g/mol. The molecule has 0 amide bonds. The normalized spacial score (nSPS) is 18.6. The molecule has 0 bridgehead atoms. The highest BCUT2D eigenvalue weighted by atomic mass is 16.5. The molecule has 2 aromatic heterocycles. The molecular weight excluding hydrogens is 350 g/mol. The highest BCUT2D eigenvalue weighted by Crippen LogP contribution is 2.29. The number of nitrogens with zero attached hydrogens (tertiary/aromatic N) is 4. The number of aromatic amines is 1. The van der Waals surface area contributed by atoms with Crippen LogP contribution in [0.3, 0.4) is 0 Å². The maximum Gasteiger partial charge on any atom is 0.129 e. The summed E-state index contributed by atoms with van der Waals surface area (Å²) in [7, 11) is 0. The van der Waals surface area contributed by atoms with Gasteiger partial charge in [-0.15, -0.1) is 0 Å². The number of ether oxygens (including phenoxy) is 1. The standard InChI is InChI=1S/C22H27N5O/c1-2-8-26(9-3-1)16-17-4-5-20-19(14-17)22(25-24-20)18-6-7-23-21(15-18)27-10-12-28-13-11-27/h4-7,14-15H,1-3,8-13,16H2,(H,24,25). The summed E-state index contributed by atoms with van der Waals surface area (Å²) in [5, 5.41) is 9.02. The lowest BCUT2D eigenvalue weighted by molar-refractivity contribution is 0.122. The molecule has 0 saturated carbocycles. The first-order valence-corrected chi connectivity index (χ1v) is 10.4. The lowest BCUT2D eigenvalue weighted by Crippen LogP contribution is -2.36. The van der Waals surface area contributed by atoms with E-state index >= 15 is 0 Å². The maximum absolute atomic E-state index is 5.47. The number of rotatable bonds is 4. The first-order chi connectivity index (χ1) is 13.9. The maximum atomic E-state index is 5.47. The van der Waals surface area contributed by atoms with E-state index in [9.17, 15) is 0 Å². The molecule has 2 aliphatic rings. The van der Waals surface area contributed by atoms with Crippen LogP contribution in [0.5, 0.6) is 0 Å². The minimum atomic E-state index is 0.761. The van der Waals surface area contributed by atoms with Crippen LogP contribution >= 0.6 is 0 Å². The predicted octanol–water partition coefficient (Wildman–Crippen LogP) is 3.45. The largest absolute Gasteiger partial charge is 0.378 e. The average Bonchev–Trinajstić information content (AvgIpc) is 3.18. The van der Waals surface area contributed by atoms with E-state index < -0.39 is 0 Å². The Morgan fingerprint density at radius 3 is 2.68 bits per heavy atom. The number of fused-ring (bicyclic) bond motifs is 1. The van der Waals surface area contributed by atoms with Crippen LogP contribution in [0.25, 0.3) is 22.2 Å². The zero-order chi connectivity index (χ0) is 18.8. The second kappa shape index (κ2) is 7.89. The van der Waals surface area contributed by atoms with Crippen molar-refractivity contribution in [1.82, 2.24) is 20.1 Å². The number of pyridine rings is 1. The SMILES string of the molecule is c1cc(-c2n[nH]c3ccc(CN4CCCCC4)cc23)cc(N2CCOCC2)n1. The number of hydrogen-bond acceptors (Lipinski definition) is 5. The van der Waals surface area contributed by atoms with Crippen molar-refractivity contribution in [3.8, 4) is 11.3 Å². The van der Waals surface area contributed by atoms with Gasteiger partial charge in [-0.25, -0.2) is 4.98 Å². The van der Waals surface area contributed by atoms with Gasteiger partial charge in [0.15, 0.2) is 0 Å². The molecule has 2 fully saturated rings. The molecule has 0 radical (unpaired) electrons. The Hall–Kier alpha value is -2.44. The van der Waals surface area contributed by atoms with E-state index in [1.807, 2.05) is 6.20 Å². The van der Waals surface area contributed by atoms with Crippen molar-refractivity contribution in [2.24, 2.45) is 0 Å². The van der Waals surface area contributed by atoms with Crippen LogP contribution in [-0.2, 0) is 11.3 Å². The van der Waals surface area contributed by atoms with E-state index in [-0.39, 0.29) is 0 Å². The molecule has 2 saturated heterocycles. The van der Waals surface area contributed by atoms with Gasteiger partial charge >= 0.3 is 0 Å². The third-order valence-corrected chi connectivity index (χ3v) is 5.84. The van der Waals surface area contributed by atoms with Gasteiger partial charge in [-0.3, -0.25) is 10.00 Å². The van der Waals surface area contributed by atoms with E-state index in [1.54, 1.807) is 0 Å². The molecule has 1 N–H and O–H groups in total. The van der Waals surface area contributed by atoms with Gasteiger partial charge in [-0.2, -0.15) is 5.10 Å². The molecular formula is C22H27N5O. The number of nitrogens with one attached hydrogen (secondary N) is 1. The molecule has 2 aliphatic heterocycles.